The van der Waals surface area contributed by atoms with Crippen LogP contribution in [0.3, 0.4) is 0 Å². The third-order valence-corrected chi connectivity index (χ3v) is 4.05. The average Bonchev–Trinajstić information content (AvgIpc) is 2.75. The van der Waals surface area contributed by atoms with Crippen LogP contribution >= 0.6 is 11.6 Å². The summed E-state index contributed by atoms with van der Waals surface area (Å²) >= 11 is 6.01. The van der Waals surface area contributed by atoms with Gasteiger partial charge in [0.25, 0.3) is 0 Å². The van der Waals surface area contributed by atoms with Crippen LogP contribution < -0.4 is 11.1 Å². The average molecular weight is 281 g/mol. The van der Waals surface area contributed by atoms with Crippen LogP contribution in [0, 0.1) is 0 Å². The second-order valence-corrected chi connectivity index (χ2v) is 5.55. The summed E-state index contributed by atoms with van der Waals surface area (Å²) in [5.41, 5.74) is 7.80. The van der Waals surface area contributed by atoms with Crippen molar-refractivity contribution >= 4 is 23.3 Å². The number of nitrogens with one attached hydrogen (secondary N) is 1. The Balaban J connectivity index is 1.68. The van der Waals surface area contributed by atoms with Gasteiger partial charge in [-0.3, -0.25) is 4.90 Å². The highest BCUT2D eigenvalue weighted by molar-refractivity contribution is 6.30. The molecule has 2 aliphatic rings. The van der Waals surface area contributed by atoms with Crippen LogP contribution in [0.1, 0.15) is 5.56 Å². The molecule has 19 heavy (non-hydrogen) atoms. The number of piperazine rings is 1. The van der Waals surface area contributed by atoms with E-state index in [0.29, 0.717) is 5.02 Å². The molecule has 3 N–H and O–H groups in total. The maximum absolute atomic E-state index is 11.5. The number of rotatable bonds is 2. The van der Waals surface area contributed by atoms with E-state index in [1.54, 1.807) is 6.07 Å². The molecule has 2 amide bonds. The minimum absolute atomic E-state index is 0.0620. The fourth-order valence-corrected chi connectivity index (χ4v) is 2.96. The molecule has 0 aromatic heterocycles. The number of nitrogen functional groups attached to an aromatic ring is 1. The smallest absolute Gasteiger partial charge is 0.317 e. The molecule has 2 saturated heterocycles. The molecule has 5 nitrogen and oxygen atoms in total. The quantitative estimate of drug-likeness (QED) is 0.799. The lowest BCUT2D eigenvalue weighted by Gasteiger charge is -2.36. The zero-order valence-corrected chi connectivity index (χ0v) is 11.4. The number of nitrogens with two attached hydrogens (primary N) is 1. The number of carbonyl (C=O) groups is 1. The van der Waals surface area contributed by atoms with Crippen LogP contribution in [-0.2, 0) is 6.54 Å². The summed E-state index contributed by atoms with van der Waals surface area (Å²) in [4.78, 5) is 15.8. The van der Waals surface area contributed by atoms with Gasteiger partial charge in [-0.2, -0.15) is 0 Å². The number of urea groups is 1. The first-order valence-electron chi connectivity index (χ1n) is 6.44. The van der Waals surface area contributed by atoms with E-state index < -0.39 is 0 Å². The summed E-state index contributed by atoms with van der Waals surface area (Å²) in [6.45, 7) is 4.04. The van der Waals surface area contributed by atoms with Crippen molar-refractivity contribution in [3.05, 3.63) is 28.8 Å². The molecule has 0 saturated carbocycles. The number of hydrogen-bond acceptors (Lipinski definition) is 3. The first-order chi connectivity index (χ1) is 9.13. The summed E-state index contributed by atoms with van der Waals surface area (Å²) in [6.07, 6.45) is 0. The SMILES string of the molecule is Nc1ccc(Cl)cc1CN1CCN2C(=O)NCC2C1. The molecule has 1 unspecified atom stereocenters. The zero-order valence-electron chi connectivity index (χ0n) is 10.6. The molecule has 2 aliphatic heterocycles. The minimum atomic E-state index is 0.0620. The number of amides is 2. The monoisotopic (exact) mass is 280 g/mol. The molecule has 6 heteroatoms. The van der Waals surface area contributed by atoms with Crippen molar-refractivity contribution in [1.82, 2.24) is 15.1 Å². The Labute approximate surface area is 117 Å². The Hall–Kier alpha value is -1.46. The Morgan fingerprint density at radius 2 is 2.26 bits per heavy atom. The van der Waals surface area contributed by atoms with Crippen molar-refractivity contribution < 1.29 is 4.79 Å². The lowest BCUT2D eigenvalue weighted by molar-refractivity contribution is 0.117. The molecular formula is C13H17ClN4O. The molecule has 0 aliphatic carbocycles. The Bertz CT molecular complexity index is 507. The summed E-state index contributed by atoms with van der Waals surface area (Å²) in [5, 5.41) is 3.59. The first-order valence-corrected chi connectivity index (χ1v) is 6.82. The number of halogens is 1. The number of benzene rings is 1. The first kappa shape index (κ1) is 12.6. The molecule has 2 fully saturated rings. The van der Waals surface area contributed by atoms with E-state index in [1.807, 2.05) is 17.0 Å². The van der Waals surface area contributed by atoms with Crippen LogP contribution in [0.25, 0.3) is 0 Å². The third kappa shape index (κ3) is 2.48. The van der Waals surface area contributed by atoms with Gasteiger partial charge in [-0.25, -0.2) is 4.79 Å². The molecule has 0 spiro atoms. The molecule has 2 heterocycles. The minimum Gasteiger partial charge on any atom is -0.398 e. The normalized spacial score (nSPS) is 23.3. The van der Waals surface area contributed by atoms with Gasteiger partial charge in [0.2, 0.25) is 0 Å². The van der Waals surface area contributed by atoms with Crippen molar-refractivity contribution in [2.24, 2.45) is 0 Å². The van der Waals surface area contributed by atoms with E-state index in [1.165, 1.54) is 0 Å². The van der Waals surface area contributed by atoms with Gasteiger partial charge >= 0.3 is 6.03 Å². The fraction of sp³-hybridized carbons (Fsp3) is 0.462. The van der Waals surface area contributed by atoms with Crippen LogP contribution in [0.5, 0.6) is 0 Å². The van der Waals surface area contributed by atoms with E-state index in [2.05, 4.69) is 10.2 Å². The van der Waals surface area contributed by atoms with E-state index >= 15 is 0 Å². The highest BCUT2D eigenvalue weighted by Crippen LogP contribution is 2.22. The lowest BCUT2D eigenvalue weighted by Crippen LogP contribution is -2.51. The van der Waals surface area contributed by atoms with Gasteiger partial charge < -0.3 is 16.0 Å². The van der Waals surface area contributed by atoms with E-state index in [0.717, 1.165) is 44.0 Å². The third-order valence-electron chi connectivity index (χ3n) is 3.82. The summed E-state index contributed by atoms with van der Waals surface area (Å²) in [5.74, 6) is 0. The standard InChI is InChI=1S/C13H17ClN4O/c14-10-1-2-12(15)9(5-10)7-17-3-4-18-11(8-17)6-16-13(18)19/h1-2,5,11H,3-4,6-8,15H2,(H,16,19). The van der Waals surface area contributed by atoms with Gasteiger partial charge in [0.15, 0.2) is 0 Å². The molecule has 1 atom stereocenters. The molecular weight excluding hydrogens is 264 g/mol. The summed E-state index contributed by atoms with van der Waals surface area (Å²) in [7, 11) is 0. The van der Waals surface area contributed by atoms with Gasteiger partial charge in [-0.05, 0) is 23.8 Å². The second-order valence-electron chi connectivity index (χ2n) is 5.11. The molecule has 1 aromatic rings. The molecule has 1 aromatic carbocycles. The summed E-state index contributed by atoms with van der Waals surface area (Å²) in [6, 6.07) is 5.90. The molecule has 0 radical (unpaired) electrons. The fourth-order valence-electron chi connectivity index (χ4n) is 2.76. The van der Waals surface area contributed by atoms with Gasteiger partial charge in [0, 0.05) is 43.4 Å². The van der Waals surface area contributed by atoms with Crippen molar-refractivity contribution in [2.45, 2.75) is 12.6 Å². The topological polar surface area (TPSA) is 61.6 Å². The molecule has 3 rings (SSSR count). The summed E-state index contributed by atoms with van der Waals surface area (Å²) < 4.78 is 0. The molecule has 102 valence electrons. The second kappa shape index (κ2) is 4.90. The maximum Gasteiger partial charge on any atom is 0.317 e. The Morgan fingerprint density at radius 1 is 1.42 bits per heavy atom. The van der Waals surface area contributed by atoms with Gasteiger partial charge in [0.1, 0.15) is 0 Å². The van der Waals surface area contributed by atoms with Crippen LogP contribution in [0.2, 0.25) is 5.02 Å². The van der Waals surface area contributed by atoms with Crippen molar-refractivity contribution in [3.63, 3.8) is 0 Å². The van der Waals surface area contributed by atoms with E-state index in [9.17, 15) is 4.79 Å². The highest BCUT2D eigenvalue weighted by Gasteiger charge is 2.35. The number of hydrogen-bond donors (Lipinski definition) is 2. The molecule has 0 bridgehead atoms. The lowest BCUT2D eigenvalue weighted by atomic mass is 10.1. The van der Waals surface area contributed by atoms with Crippen molar-refractivity contribution in [2.75, 3.05) is 31.9 Å². The van der Waals surface area contributed by atoms with E-state index in [-0.39, 0.29) is 12.1 Å². The van der Waals surface area contributed by atoms with Crippen LogP contribution in [0.4, 0.5) is 10.5 Å². The number of carbonyl (C=O) groups excluding carboxylic acids is 1. The van der Waals surface area contributed by atoms with E-state index in [4.69, 9.17) is 17.3 Å². The number of anilines is 1. The number of nitrogens with zero attached hydrogens (tertiary/aromatic N) is 2. The van der Waals surface area contributed by atoms with Crippen molar-refractivity contribution in [1.29, 1.82) is 0 Å². The largest absolute Gasteiger partial charge is 0.398 e. The van der Waals surface area contributed by atoms with Gasteiger partial charge in [-0.1, -0.05) is 11.6 Å². The van der Waals surface area contributed by atoms with Crippen LogP contribution in [-0.4, -0.2) is 48.1 Å². The van der Waals surface area contributed by atoms with Gasteiger partial charge in [0.05, 0.1) is 6.04 Å². The Morgan fingerprint density at radius 3 is 3.11 bits per heavy atom. The van der Waals surface area contributed by atoms with Crippen molar-refractivity contribution in [3.8, 4) is 0 Å². The Kier molecular flexibility index (Phi) is 3.24. The van der Waals surface area contributed by atoms with Gasteiger partial charge in [-0.15, -0.1) is 0 Å². The highest BCUT2D eigenvalue weighted by atomic mass is 35.5. The number of fused-ring (bicyclic) bond motifs is 1. The maximum atomic E-state index is 11.5. The predicted octanol–water partition coefficient (Wildman–Crippen LogP) is 1.13. The van der Waals surface area contributed by atoms with Crippen LogP contribution in [0.15, 0.2) is 18.2 Å². The zero-order chi connectivity index (χ0) is 13.4. The predicted molar refractivity (Wildman–Crippen MR) is 75.0 cm³/mol.